The number of piperazine rings is 1. The van der Waals surface area contributed by atoms with Crippen molar-refractivity contribution in [3.63, 3.8) is 0 Å². The van der Waals surface area contributed by atoms with Gasteiger partial charge in [0.15, 0.2) is 21.9 Å². The van der Waals surface area contributed by atoms with Gasteiger partial charge in [0, 0.05) is 32.7 Å². The lowest BCUT2D eigenvalue weighted by Crippen LogP contribution is -3.00. The zero-order valence-corrected chi connectivity index (χ0v) is 15.8. The maximum absolute atomic E-state index is 12.4. The monoisotopic (exact) mass is 427 g/mol. The second-order valence-electron chi connectivity index (χ2n) is 5.86. The minimum Gasteiger partial charge on any atom is -1.00 e. The van der Waals surface area contributed by atoms with Crippen molar-refractivity contribution in [3.8, 4) is 11.5 Å². The summed E-state index contributed by atoms with van der Waals surface area (Å²) < 4.78 is 16.7. The predicted molar refractivity (Wildman–Crippen MR) is 90.2 cm³/mol. The molecule has 1 fully saturated rings. The molecule has 3 heterocycles. The van der Waals surface area contributed by atoms with Gasteiger partial charge in [0.05, 0.1) is 0 Å². The molecule has 1 saturated heterocycles. The highest BCUT2D eigenvalue weighted by molar-refractivity contribution is 9.10. The molecule has 134 valence electrons. The number of hydrogen-bond acceptors (Lipinski definition) is 5. The van der Waals surface area contributed by atoms with Crippen molar-refractivity contribution >= 4 is 21.8 Å². The molecule has 4 rings (SSSR count). The van der Waals surface area contributed by atoms with E-state index in [1.54, 1.807) is 12.1 Å². The second kappa shape index (κ2) is 7.68. The van der Waals surface area contributed by atoms with Gasteiger partial charge in [0.2, 0.25) is 6.79 Å². The Morgan fingerprint density at radius 1 is 1.04 bits per heavy atom. The van der Waals surface area contributed by atoms with Gasteiger partial charge in [-0.15, -0.1) is 0 Å². The molecular formula is C17H17BrClN2O4-. The van der Waals surface area contributed by atoms with Crippen LogP contribution in [0, 0.1) is 0 Å². The average molecular weight is 429 g/mol. The second-order valence-corrected chi connectivity index (χ2v) is 6.64. The zero-order chi connectivity index (χ0) is 16.5. The summed E-state index contributed by atoms with van der Waals surface area (Å²) in [6.07, 6.45) is 0. The van der Waals surface area contributed by atoms with Gasteiger partial charge in [-0.1, -0.05) is 6.07 Å². The highest BCUT2D eigenvalue weighted by Gasteiger charge is 2.24. The van der Waals surface area contributed by atoms with Gasteiger partial charge in [-0.3, -0.25) is 9.69 Å². The average Bonchev–Trinajstić information content (AvgIpc) is 3.23. The standard InChI is InChI=1S/C17H17BrN2O4.ClH/c18-16-4-3-14(24-16)17(21)20-7-5-19(6-8-20)10-12-1-2-13-15(9-12)23-11-22-13;/h1-4,9H,5-8,10-11H2;1H/p-1. The molecule has 0 bridgehead atoms. The number of amides is 1. The fourth-order valence-electron chi connectivity index (χ4n) is 2.99. The quantitative estimate of drug-likeness (QED) is 0.674. The number of carbonyl (C=O) groups is 1. The molecule has 1 aromatic heterocycles. The number of furan rings is 1. The maximum Gasteiger partial charge on any atom is 0.289 e. The van der Waals surface area contributed by atoms with Crippen molar-refractivity contribution in [2.45, 2.75) is 6.54 Å². The normalized spacial score (nSPS) is 16.6. The van der Waals surface area contributed by atoms with Crippen LogP contribution in [0.5, 0.6) is 11.5 Å². The Morgan fingerprint density at radius 2 is 1.80 bits per heavy atom. The van der Waals surface area contributed by atoms with Gasteiger partial charge < -0.3 is 31.2 Å². The molecular weight excluding hydrogens is 412 g/mol. The molecule has 0 aliphatic carbocycles. The molecule has 1 amide bonds. The first-order valence-electron chi connectivity index (χ1n) is 7.84. The number of ether oxygens (including phenoxy) is 2. The summed E-state index contributed by atoms with van der Waals surface area (Å²) in [5.74, 6) is 1.94. The first-order valence-corrected chi connectivity index (χ1v) is 8.64. The molecule has 0 atom stereocenters. The van der Waals surface area contributed by atoms with Gasteiger partial charge >= 0.3 is 0 Å². The molecule has 2 aromatic rings. The van der Waals surface area contributed by atoms with Crippen molar-refractivity contribution in [3.05, 3.63) is 46.3 Å². The highest BCUT2D eigenvalue weighted by atomic mass is 79.9. The van der Waals surface area contributed by atoms with Crippen molar-refractivity contribution < 1.29 is 31.1 Å². The summed E-state index contributed by atoms with van der Waals surface area (Å²) in [7, 11) is 0. The Labute approximate surface area is 160 Å². The van der Waals surface area contributed by atoms with E-state index in [1.807, 2.05) is 17.0 Å². The first kappa shape index (κ1) is 18.1. The minimum atomic E-state index is -0.0524. The molecule has 0 spiro atoms. The van der Waals surface area contributed by atoms with E-state index in [0.717, 1.165) is 31.1 Å². The van der Waals surface area contributed by atoms with Crippen LogP contribution >= 0.6 is 15.9 Å². The molecule has 8 heteroatoms. The molecule has 2 aliphatic rings. The maximum atomic E-state index is 12.4. The summed E-state index contributed by atoms with van der Waals surface area (Å²) >= 11 is 3.23. The zero-order valence-electron chi connectivity index (χ0n) is 13.4. The fourth-order valence-corrected chi connectivity index (χ4v) is 3.30. The van der Waals surface area contributed by atoms with E-state index >= 15 is 0 Å². The van der Waals surface area contributed by atoms with Crippen molar-refractivity contribution in [1.82, 2.24) is 9.80 Å². The van der Waals surface area contributed by atoms with E-state index in [9.17, 15) is 4.79 Å². The van der Waals surface area contributed by atoms with Crippen molar-refractivity contribution in [2.75, 3.05) is 33.0 Å². The Morgan fingerprint density at radius 3 is 2.52 bits per heavy atom. The number of carbonyl (C=O) groups excluding carboxylic acids is 1. The molecule has 0 radical (unpaired) electrons. The largest absolute Gasteiger partial charge is 1.00 e. The van der Waals surface area contributed by atoms with Crippen LogP contribution in [0.2, 0.25) is 0 Å². The van der Waals surface area contributed by atoms with Gasteiger partial charge in [-0.05, 0) is 45.8 Å². The van der Waals surface area contributed by atoms with Crippen LogP contribution in [-0.4, -0.2) is 48.7 Å². The van der Waals surface area contributed by atoms with Gasteiger partial charge in [-0.2, -0.15) is 0 Å². The van der Waals surface area contributed by atoms with Crippen LogP contribution in [0.3, 0.4) is 0 Å². The van der Waals surface area contributed by atoms with Crippen LogP contribution in [-0.2, 0) is 6.54 Å². The number of fused-ring (bicyclic) bond motifs is 1. The minimum absolute atomic E-state index is 0. The number of nitrogens with zero attached hydrogens (tertiary/aromatic N) is 2. The summed E-state index contributed by atoms with van der Waals surface area (Å²) in [6, 6.07) is 9.48. The number of hydrogen-bond donors (Lipinski definition) is 0. The van der Waals surface area contributed by atoms with E-state index < -0.39 is 0 Å². The fraction of sp³-hybridized carbons (Fsp3) is 0.353. The van der Waals surface area contributed by atoms with Crippen molar-refractivity contribution in [1.29, 1.82) is 0 Å². The van der Waals surface area contributed by atoms with E-state index in [2.05, 4.69) is 26.9 Å². The number of rotatable bonds is 3. The Hall–Kier alpha value is -1.70. The molecule has 1 aromatic carbocycles. The predicted octanol–water partition coefficient (Wildman–Crippen LogP) is -0.267. The van der Waals surface area contributed by atoms with Crippen molar-refractivity contribution in [2.24, 2.45) is 0 Å². The Balaban J connectivity index is 0.00000182. The third-order valence-electron chi connectivity index (χ3n) is 4.29. The van der Waals surface area contributed by atoms with Crippen LogP contribution in [0.4, 0.5) is 0 Å². The summed E-state index contributed by atoms with van der Waals surface area (Å²) in [5.41, 5.74) is 1.19. The van der Waals surface area contributed by atoms with Crippen LogP contribution in [0.1, 0.15) is 16.1 Å². The van der Waals surface area contributed by atoms with E-state index in [4.69, 9.17) is 13.9 Å². The topological polar surface area (TPSA) is 55.2 Å². The van der Waals surface area contributed by atoms with Crippen LogP contribution < -0.4 is 21.9 Å². The van der Waals surface area contributed by atoms with E-state index in [0.29, 0.717) is 30.3 Å². The molecule has 0 N–H and O–H groups in total. The highest BCUT2D eigenvalue weighted by Crippen LogP contribution is 2.32. The number of benzene rings is 1. The molecule has 0 unspecified atom stereocenters. The summed E-state index contributed by atoms with van der Waals surface area (Å²) in [5, 5.41) is 0. The summed E-state index contributed by atoms with van der Waals surface area (Å²) in [6.45, 7) is 4.20. The third kappa shape index (κ3) is 3.94. The van der Waals surface area contributed by atoms with Gasteiger partial charge in [0.25, 0.3) is 5.91 Å². The van der Waals surface area contributed by atoms with E-state index in [1.165, 1.54) is 5.56 Å². The first-order chi connectivity index (χ1) is 11.7. The van der Waals surface area contributed by atoms with E-state index in [-0.39, 0.29) is 18.3 Å². The van der Waals surface area contributed by atoms with Crippen LogP contribution in [0.15, 0.2) is 39.4 Å². The Kier molecular flexibility index (Phi) is 5.56. The SMILES string of the molecule is O=C(c1ccc(Br)o1)N1CCN(Cc2ccc3c(c2)OCO3)CC1.[Cl-]. The molecule has 6 nitrogen and oxygen atoms in total. The molecule has 0 saturated carbocycles. The van der Waals surface area contributed by atoms with Gasteiger partial charge in [0.1, 0.15) is 0 Å². The molecule has 2 aliphatic heterocycles. The lowest BCUT2D eigenvalue weighted by atomic mass is 10.1. The lowest BCUT2D eigenvalue weighted by molar-refractivity contribution is -0.0000171. The Bertz CT molecular complexity index is 759. The van der Waals surface area contributed by atoms with Crippen LogP contribution in [0.25, 0.3) is 0 Å². The molecule has 25 heavy (non-hydrogen) atoms. The third-order valence-corrected chi connectivity index (χ3v) is 4.71. The lowest BCUT2D eigenvalue weighted by Gasteiger charge is -2.34. The smallest absolute Gasteiger partial charge is 0.289 e. The van der Waals surface area contributed by atoms with Gasteiger partial charge in [-0.25, -0.2) is 0 Å². The number of halogens is 2. The summed E-state index contributed by atoms with van der Waals surface area (Å²) in [4.78, 5) is 16.5.